The maximum absolute atomic E-state index is 6.65. The van der Waals surface area contributed by atoms with Crippen molar-refractivity contribution in [3.8, 4) is 11.3 Å². The maximum atomic E-state index is 6.65. The number of nitrogens with zero attached hydrogens (tertiary/aromatic N) is 4. The summed E-state index contributed by atoms with van der Waals surface area (Å²) in [6.45, 7) is 3.72. The number of thioether (sulfide) groups is 1. The lowest BCUT2D eigenvalue weighted by Gasteiger charge is -2.29. The predicted molar refractivity (Wildman–Crippen MR) is 109 cm³/mol. The van der Waals surface area contributed by atoms with Crippen LogP contribution in [-0.4, -0.2) is 47.4 Å². The van der Waals surface area contributed by atoms with Crippen LogP contribution in [0.2, 0.25) is 5.02 Å². The summed E-state index contributed by atoms with van der Waals surface area (Å²) in [5.41, 5.74) is 8.37. The van der Waals surface area contributed by atoms with E-state index in [0.717, 1.165) is 59.1 Å². The molecule has 26 heavy (non-hydrogen) atoms. The van der Waals surface area contributed by atoms with E-state index in [1.165, 1.54) is 0 Å². The molecule has 4 rings (SSSR count). The Balaban J connectivity index is 1.87. The topological polar surface area (TPSA) is 80.0 Å². The van der Waals surface area contributed by atoms with Crippen molar-refractivity contribution in [3.05, 3.63) is 35.6 Å². The molecule has 2 aromatic heterocycles. The van der Waals surface area contributed by atoms with Crippen molar-refractivity contribution >= 4 is 45.9 Å². The second-order valence-electron chi connectivity index (χ2n) is 6.07. The number of nitrogen functional groups attached to an aromatic ring is 1. The molecule has 3 N–H and O–H groups in total. The van der Waals surface area contributed by atoms with E-state index in [-0.39, 0.29) is 0 Å². The Morgan fingerprint density at radius 1 is 1.19 bits per heavy atom. The third-order valence-electron chi connectivity index (χ3n) is 4.47. The van der Waals surface area contributed by atoms with Gasteiger partial charge in [-0.1, -0.05) is 11.6 Å². The van der Waals surface area contributed by atoms with Crippen molar-refractivity contribution in [3.63, 3.8) is 0 Å². The number of nitrogens with one attached hydrogen (secondary N) is 1. The highest BCUT2D eigenvalue weighted by molar-refractivity contribution is 7.98. The molecule has 0 saturated carbocycles. The molecule has 0 spiro atoms. The van der Waals surface area contributed by atoms with E-state index in [2.05, 4.69) is 25.2 Å². The van der Waals surface area contributed by atoms with E-state index in [9.17, 15) is 0 Å². The molecule has 8 heteroatoms. The highest BCUT2D eigenvalue weighted by atomic mass is 35.5. The second kappa shape index (κ2) is 7.26. The van der Waals surface area contributed by atoms with E-state index < -0.39 is 0 Å². The zero-order valence-corrected chi connectivity index (χ0v) is 15.9. The Morgan fingerprint density at radius 3 is 2.77 bits per heavy atom. The highest BCUT2D eigenvalue weighted by Crippen LogP contribution is 2.37. The lowest BCUT2D eigenvalue weighted by Crippen LogP contribution is -2.44. The van der Waals surface area contributed by atoms with Gasteiger partial charge in [-0.25, -0.2) is 15.0 Å². The molecule has 1 aromatic carbocycles. The SMILES string of the molecule is CSc1ccc(N)nc1-c1cc2ncnc(N3CCNCC3)c2cc1Cl. The van der Waals surface area contributed by atoms with Gasteiger partial charge in [0.15, 0.2) is 0 Å². The first kappa shape index (κ1) is 17.3. The van der Waals surface area contributed by atoms with Gasteiger partial charge < -0.3 is 16.0 Å². The van der Waals surface area contributed by atoms with Crippen molar-refractivity contribution in [1.29, 1.82) is 0 Å². The Labute approximate surface area is 161 Å². The van der Waals surface area contributed by atoms with Gasteiger partial charge in [0.25, 0.3) is 0 Å². The van der Waals surface area contributed by atoms with E-state index in [1.807, 2.05) is 24.5 Å². The lowest BCUT2D eigenvalue weighted by atomic mass is 10.1. The van der Waals surface area contributed by atoms with Crippen LogP contribution in [0, 0.1) is 0 Å². The van der Waals surface area contributed by atoms with Gasteiger partial charge >= 0.3 is 0 Å². The van der Waals surface area contributed by atoms with Crippen LogP contribution in [0.5, 0.6) is 0 Å². The maximum Gasteiger partial charge on any atom is 0.140 e. The van der Waals surface area contributed by atoms with E-state index in [4.69, 9.17) is 17.3 Å². The van der Waals surface area contributed by atoms with E-state index in [1.54, 1.807) is 24.2 Å². The number of hydrogen-bond acceptors (Lipinski definition) is 7. The molecule has 1 aliphatic heterocycles. The largest absolute Gasteiger partial charge is 0.384 e. The number of piperazine rings is 1. The summed E-state index contributed by atoms with van der Waals surface area (Å²) < 4.78 is 0. The number of aromatic nitrogens is 3. The average Bonchev–Trinajstić information content (AvgIpc) is 2.67. The molecule has 6 nitrogen and oxygen atoms in total. The number of nitrogens with two attached hydrogens (primary N) is 1. The third kappa shape index (κ3) is 3.18. The molecule has 0 atom stereocenters. The first-order chi connectivity index (χ1) is 12.7. The van der Waals surface area contributed by atoms with Crippen LogP contribution in [-0.2, 0) is 0 Å². The Morgan fingerprint density at radius 2 is 2.00 bits per heavy atom. The molecule has 3 aromatic rings. The van der Waals surface area contributed by atoms with Gasteiger partial charge in [0.1, 0.15) is 18.0 Å². The van der Waals surface area contributed by atoms with Crippen molar-refractivity contribution in [2.75, 3.05) is 43.1 Å². The fourth-order valence-electron chi connectivity index (χ4n) is 3.19. The normalized spacial score (nSPS) is 14.8. The van der Waals surface area contributed by atoms with Crippen LogP contribution >= 0.6 is 23.4 Å². The van der Waals surface area contributed by atoms with Crippen LogP contribution in [0.3, 0.4) is 0 Å². The summed E-state index contributed by atoms with van der Waals surface area (Å²) in [4.78, 5) is 16.8. The summed E-state index contributed by atoms with van der Waals surface area (Å²) in [6, 6.07) is 7.69. The zero-order chi connectivity index (χ0) is 18.1. The number of hydrogen-bond donors (Lipinski definition) is 2. The molecule has 134 valence electrons. The van der Waals surface area contributed by atoms with E-state index in [0.29, 0.717) is 10.8 Å². The van der Waals surface area contributed by atoms with Gasteiger partial charge in [-0.3, -0.25) is 0 Å². The standard InChI is InChI=1S/C18H19ClN6S/c1-26-15-2-3-16(20)24-17(15)11-9-14-12(8-13(11)19)18(23-10-22-14)25-6-4-21-5-7-25/h2-3,8-10,21H,4-7H2,1H3,(H2,20,24). The molecular formula is C18H19ClN6S. The number of benzene rings is 1. The van der Waals surface area contributed by atoms with Gasteiger partial charge in [-0.2, -0.15) is 0 Å². The first-order valence-corrected chi connectivity index (χ1v) is 9.98. The quantitative estimate of drug-likeness (QED) is 0.669. The summed E-state index contributed by atoms with van der Waals surface area (Å²) >= 11 is 8.27. The first-order valence-electron chi connectivity index (χ1n) is 8.38. The minimum Gasteiger partial charge on any atom is -0.384 e. The summed E-state index contributed by atoms with van der Waals surface area (Å²) in [5, 5.41) is 4.94. The molecular weight excluding hydrogens is 368 g/mol. The fraction of sp³-hybridized carbons (Fsp3) is 0.278. The number of anilines is 2. The second-order valence-corrected chi connectivity index (χ2v) is 7.33. The highest BCUT2D eigenvalue weighted by Gasteiger charge is 2.18. The molecule has 0 aliphatic carbocycles. The van der Waals surface area contributed by atoms with Crippen LogP contribution in [0.4, 0.5) is 11.6 Å². The van der Waals surface area contributed by atoms with Gasteiger partial charge in [-0.05, 0) is 30.5 Å². The monoisotopic (exact) mass is 386 g/mol. The summed E-state index contributed by atoms with van der Waals surface area (Å²) in [7, 11) is 0. The van der Waals surface area contributed by atoms with Crippen LogP contribution in [0.1, 0.15) is 0 Å². The Bertz CT molecular complexity index is 958. The Kier molecular flexibility index (Phi) is 4.84. The number of halogens is 1. The number of pyridine rings is 1. The molecule has 1 saturated heterocycles. The van der Waals surface area contributed by atoms with Crippen molar-refractivity contribution in [2.45, 2.75) is 4.90 Å². The van der Waals surface area contributed by atoms with Gasteiger partial charge in [0.2, 0.25) is 0 Å². The van der Waals surface area contributed by atoms with Crippen molar-refractivity contribution in [2.24, 2.45) is 0 Å². The van der Waals surface area contributed by atoms with Gasteiger partial charge in [0.05, 0.1) is 16.2 Å². The number of rotatable bonds is 3. The molecule has 3 heterocycles. The lowest BCUT2D eigenvalue weighted by molar-refractivity contribution is 0.586. The summed E-state index contributed by atoms with van der Waals surface area (Å²) in [6.07, 6.45) is 3.62. The molecule has 0 unspecified atom stereocenters. The third-order valence-corrected chi connectivity index (χ3v) is 5.56. The Hall–Kier alpha value is -2.09. The minimum atomic E-state index is 0.471. The van der Waals surface area contributed by atoms with Crippen molar-refractivity contribution < 1.29 is 0 Å². The average molecular weight is 387 g/mol. The summed E-state index contributed by atoms with van der Waals surface area (Å²) in [5.74, 6) is 1.40. The zero-order valence-electron chi connectivity index (χ0n) is 14.4. The molecule has 0 amide bonds. The molecule has 1 fully saturated rings. The minimum absolute atomic E-state index is 0.471. The molecule has 0 bridgehead atoms. The van der Waals surface area contributed by atoms with E-state index >= 15 is 0 Å². The predicted octanol–water partition coefficient (Wildman–Crippen LogP) is 3.06. The van der Waals surface area contributed by atoms with Crippen LogP contribution in [0.15, 0.2) is 35.5 Å². The van der Waals surface area contributed by atoms with Gasteiger partial charge in [0, 0.05) is 42.0 Å². The van der Waals surface area contributed by atoms with Crippen LogP contribution < -0.4 is 16.0 Å². The number of fused-ring (bicyclic) bond motifs is 1. The van der Waals surface area contributed by atoms with Crippen molar-refractivity contribution in [1.82, 2.24) is 20.3 Å². The smallest absolute Gasteiger partial charge is 0.140 e. The molecule has 1 aliphatic rings. The fourth-order valence-corrected chi connectivity index (χ4v) is 4.00. The van der Waals surface area contributed by atoms with Crippen LogP contribution in [0.25, 0.3) is 22.2 Å². The molecule has 0 radical (unpaired) electrons. The van der Waals surface area contributed by atoms with Gasteiger partial charge in [-0.15, -0.1) is 11.8 Å².